The third kappa shape index (κ3) is 4.88. The van der Waals surface area contributed by atoms with Gasteiger partial charge in [0, 0.05) is 5.75 Å². The fourth-order valence-corrected chi connectivity index (χ4v) is 3.16. The molecule has 19 heavy (non-hydrogen) atoms. The first kappa shape index (κ1) is 14.4. The van der Waals surface area contributed by atoms with Crippen molar-refractivity contribution in [1.82, 2.24) is 5.32 Å². The molecule has 0 radical (unpaired) electrons. The number of rotatable bonds is 5. The van der Waals surface area contributed by atoms with Crippen LogP contribution in [0, 0.1) is 0 Å². The van der Waals surface area contributed by atoms with Crippen molar-refractivity contribution in [2.75, 3.05) is 5.75 Å². The van der Waals surface area contributed by atoms with Crippen LogP contribution in [0.25, 0.3) is 0 Å². The molecule has 104 valence electrons. The van der Waals surface area contributed by atoms with Gasteiger partial charge in [-0.15, -0.1) is 11.8 Å². The van der Waals surface area contributed by atoms with E-state index < -0.39 is 0 Å². The van der Waals surface area contributed by atoms with Gasteiger partial charge in [-0.2, -0.15) is 0 Å². The normalized spacial score (nSPS) is 23.0. The first-order chi connectivity index (χ1) is 9.25. The van der Waals surface area contributed by atoms with Gasteiger partial charge < -0.3 is 10.4 Å². The van der Waals surface area contributed by atoms with Crippen molar-refractivity contribution in [1.29, 1.82) is 0 Å². The van der Waals surface area contributed by atoms with Crippen molar-refractivity contribution in [3.05, 3.63) is 35.9 Å². The van der Waals surface area contributed by atoms with Gasteiger partial charge in [-0.3, -0.25) is 4.79 Å². The molecule has 1 saturated carbocycles. The number of aliphatic hydroxyl groups excluding tert-OH is 1. The Morgan fingerprint density at radius 2 is 2.00 bits per heavy atom. The highest BCUT2D eigenvalue weighted by molar-refractivity contribution is 7.99. The van der Waals surface area contributed by atoms with E-state index in [0.29, 0.717) is 5.75 Å². The highest BCUT2D eigenvalue weighted by Gasteiger charge is 2.24. The number of carbonyl (C=O) groups excluding carboxylic acids is 1. The minimum absolute atomic E-state index is 0.0341. The number of thioether (sulfide) groups is 1. The van der Waals surface area contributed by atoms with Crippen LogP contribution in [0.3, 0.4) is 0 Å². The van der Waals surface area contributed by atoms with Gasteiger partial charge in [-0.25, -0.2) is 0 Å². The molecule has 2 rings (SSSR count). The van der Waals surface area contributed by atoms with Crippen molar-refractivity contribution in [3.63, 3.8) is 0 Å². The van der Waals surface area contributed by atoms with Gasteiger partial charge in [0.1, 0.15) is 0 Å². The Hall–Kier alpha value is -1.00. The van der Waals surface area contributed by atoms with E-state index in [1.54, 1.807) is 11.8 Å². The highest BCUT2D eigenvalue weighted by atomic mass is 32.2. The maximum Gasteiger partial charge on any atom is 0.230 e. The molecule has 0 spiro atoms. The van der Waals surface area contributed by atoms with Crippen LogP contribution in [-0.2, 0) is 10.5 Å². The smallest absolute Gasteiger partial charge is 0.230 e. The summed E-state index contributed by atoms with van der Waals surface area (Å²) in [6.07, 6.45) is 3.50. The molecule has 1 fully saturated rings. The standard InChI is InChI=1S/C15H21NO2S/c17-14-9-5-4-8-13(14)16-15(18)11-19-10-12-6-2-1-3-7-12/h1-3,6-7,13-14,17H,4-5,8-11H2,(H,16,18)/t13-,14-/m0/s1. The Balaban J connectivity index is 1.67. The predicted molar refractivity (Wildman–Crippen MR) is 79.0 cm³/mol. The molecule has 0 unspecified atom stereocenters. The summed E-state index contributed by atoms with van der Waals surface area (Å²) in [6, 6.07) is 10.1. The summed E-state index contributed by atoms with van der Waals surface area (Å²) < 4.78 is 0. The van der Waals surface area contributed by atoms with Crippen LogP contribution in [-0.4, -0.2) is 28.9 Å². The zero-order chi connectivity index (χ0) is 13.5. The summed E-state index contributed by atoms with van der Waals surface area (Å²) in [5, 5.41) is 12.7. The maximum absolute atomic E-state index is 11.8. The van der Waals surface area contributed by atoms with E-state index in [1.807, 2.05) is 18.2 Å². The van der Waals surface area contributed by atoms with Crippen LogP contribution < -0.4 is 5.32 Å². The van der Waals surface area contributed by atoms with Crippen molar-refractivity contribution >= 4 is 17.7 Å². The van der Waals surface area contributed by atoms with Crippen molar-refractivity contribution in [3.8, 4) is 0 Å². The molecule has 0 saturated heterocycles. The lowest BCUT2D eigenvalue weighted by Gasteiger charge is -2.28. The van der Waals surface area contributed by atoms with Crippen molar-refractivity contribution in [2.24, 2.45) is 0 Å². The number of amides is 1. The summed E-state index contributed by atoms with van der Waals surface area (Å²) in [5.74, 6) is 1.34. The van der Waals surface area contributed by atoms with Crippen LogP contribution in [0.1, 0.15) is 31.2 Å². The molecule has 1 aliphatic carbocycles. The fraction of sp³-hybridized carbons (Fsp3) is 0.533. The molecule has 1 aromatic rings. The van der Waals surface area contributed by atoms with Crippen LogP contribution in [0.5, 0.6) is 0 Å². The molecule has 0 heterocycles. The second-order valence-corrected chi connectivity index (χ2v) is 5.99. The van der Waals surface area contributed by atoms with Gasteiger partial charge >= 0.3 is 0 Å². The summed E-state index contributed by atoms with van der Waals surface area (Å²) >= 11 is 1.61. The molecule has 0 bridgehead atoms. The first-order valence-electron chi connectivity index (χ1n) is 6.85. The molecule has 1 aliphatic rings. The van der Waals surface area contributed by atoms with Gasteiger partial charge in [-0.1, -0.05) is 43.2 Å². The number of aliphatic hydroxyl groups is 1. The van der Waals surface area contributed by atoms with Crippen LogP contribution >= 0.6 is 11.8 Å². The van der Waals surface area contributed by atoms with Crippen molar-refractivity contribution in [2.45, 2.75) is 43.6 Å². The quantitative estimate of drug-likeness (QED) is 0.870. The molecular formula is C15H21NO2S. The van der Waals surface area contributed by atoms with Gasteiger partial charge in [0.2, 0.25) is 5.91 Å². The summed E-state index contributed by atoms with van der Waals surface area (Å²) in [4.78, 5) is 11.8. The fourth-order valence-electron chi connectivity index (χ4n) is 2.36. The molecule has 4 heteroatoms. The first-order valence-corrected chi connectivity index (χ1v) is 8.00. The molecule has 1 aromatic carbocycles. The molecule has 0 aliphatic heterocycles. The largest absolute Gasteiger partial charge is 0.391 e. The van der Waals surface area contributed by atoms with E-state index in [0.717, 1.165) is 31.4 Å². The predicted octanol–water partition coefficient (Wildman–Crippen LogP) is 2.34. The van der Waals surface area contributed by atoms with Gasteiger partial charge in [-0.05, 0) is 18.4 Å². The van der Waals surface area contributed by atoms with Crippen LogP contribution in [0.2, 0.25) is 0 Å². The maximum atomic E-state index is 11.8. The molecule has 3 nitrogen and oxygen atoms in total. The average Bonchev–Trinajstić information content (AvgIpc) is 2.43. The van der Waals surface area contributed by atoms with E-state index in [-0.39, 0.29) is 18.1 Å². The number of carbonyl (C=O) groups is 1. The lowest BCUT2D eigenvalue weighted by molar-refractivity contribution is -0.120. The average molecular weight is 279 g/mol. The summed E-state index contributed by atoms with van der Waals surface area (Å²) in [6.45, 7) is 0. The number of hydrogen-bond acceptors (Lipinski definition) is 3. The zero-order valence-corrected chi connectivity index (χ0v) is 11.9. The SMILES string of the molecule is O=C(CSCc1ccccc1)N[C@H]1CCCC[C@@H]1O. The highest BCUT2D eigenvalue weighted by Crippen LogP contribution is 2.18. The van der Waals surface area contributed by atoms with Gasteiger partial charge in [0.15, 0.2) is 0 Å². The Bertz CT molecular complexity index is 396. The topological polar surface area (TPSA) is 49.3 Å². The van der Waals surface area contributed by atoms with Crippen molar-refractivity contribution < 1.29 is 9.90 Å². The van der Waals surface area contributed by atoms with E-state index in [2.05, 4.69) is 17.4 Å². The molecule has 1 amide bonds. The number of hydrogen-bond donors (Lipinski definition) is 2. The van der Waals surface area contributed by atoms with Crippen LogP contribution in [0.4, 0.5) is 0 Å². The number of benzene rings is 1. The Kier molecular flexibility index (Phi) is 5.73. The third-order valence-electron chi connectivity index (χ3n) is 3.42. The molecular weight excluding hydrogens is 258 g/mol. The minimum Gasteiger partial charge on any atom is -0.391 e. The lowest BCUT2D eigenvalue weighted by Crippen LogP contribution is -2.45. The van der Waals surface area contributed by atoms with E-state index >= 15 is 0 Å². The summed E-state index contributed by atoms with van der Waals surface area (Å²) in [5.41, 5.74) is 1.23. The van der Waals surface area contributed by atoms with Crippen LogP contribution in [0.15, 0.2) is 30.3 Å². The zero-order valence-electron chi connectivity index (χ0n) is 11.0. The second kappa shape index (κ2) is 7.56. The van der Waals surface area contributed by atoms with Gasteiger partial charge in [0.25, 0.3) is 0 Å². The van der Waals surface area contributed by atoms with E-state index in [1.165, 1.54) is 5.56 Å². The molecule has 2 N–H and O–H groups in total. The van der Waals surface area contributed by atoms with E-state index in [4.69, 9.17) is 0 Å². The van der Waals surface area contributed by atoms with Gasteiger partial charge in [0.05, 0.1) is 17.9 Å². The number of nitrogens with one attached hydrogen (secondary N) is 1. The molecule has 0 aromatic heterocycles. The monoisotopic (exact) mass is 279 g/mol. The third-order valence-corrected chi connectivity index (χ3v) is 4.42. The Morgan fingerprint density at radius 3 is 2.74 bits per heavy atom. The Morgan fingerprint density at radius 1 is 1.26 bits per heavy atom. The lowest BCUT2D eigenvalue weighted by atomic mass is 9.93. The minimum atomic E-state index is -0.364. The van der Waals surface area contributed by atoms with E-state index in [9.17, 15) is 9.90 Å². The summed E-state index contributed by atoms with van der Waals surface area (Å²) in [7, 11) is 0. The molecule has 2 atom stereocenters. The Labute approximate surface area is 118 Å². The second-order valence-electron chi connectivity index (χ2n) is 5.00.